The van der Waals surface area contributed by atoms with Gasteiger partial charge in [0.2, 0.25) is 5.88 Å². The van der Waals surface area contributed by atoms with Gasteiger partial charge >= 0.3 is 0 Å². The lowest BCUT2D eigenvalue weighted by Gasteiger charge is -2.11. The van der Waals surface area contributed by atoms with Crippen LogP contribution in [0.15, 0.2) is 54.9 Å². The van der Waals surface area contributed by atoms with E-state index in [9.17, 15) is 0 Å². The second-order valence-electron chi connectivity index (χ2n) is 4.57. The maximum atomic E-state index is 5.87. The van der Waals surface area contributed by atoms with Gasteiger partial charge in [0.05, 0.1) is 24.7 Å². The van der Waals surface area contributed by atoms with Crippen LogP contribution in [-0.2, 0) is 0 Å². The molecule has 0 aliphatic rings. The number of hydrogen-bond donors (Lipinski definition) is 0. The van der Waals surface area contributed by atoms with Crippen molar-refractivity contribution in [3.63, 3.8) is 0 Å². The van der Waals surface area contributed by atoms with Gasteiger partial charge in [-0.2, -0.15) is 0 Å². The van der Waals surface area contributed by atoms with Crippen molar-refractivity contribution >= 4 is 11.6 Å². The molecule has 0 bridgehead atoms. The highest BCUT2D eigenvalue weighted by Crippen LogP contribution is 2.31. The molecular weight excluding hydrogens is 314 g/mol. The van der Waals surface area contributed by atoms with Crippen LogP contribution in [0.1, 0.15) is 6.92 Å². The second kappa shape index (κ2) is 7.07. The highest BCUT2D eigenvalue weighted by Gasteiger charge is 2.08. The fraction of sp³-hybridized carbons (Fsp3) is 0.118. The Labute approximate surface area is 138 Å². The molecule has 6 heteroatoms. The normalized spacial score (nSPS) is 10.3. The summed E-state index contributed by atoms with van der Waals surface area (Å²) in [4.78, 5) is 12.7. The van der Waals surface area contributed by atoms with Crippen molar-refractivity contribution in [2.75, 3.05) is 6.61 Å². The van der Waals surface area contributed by atoms with Crippen molar-refractivity contribution in [1.82, 2.24) is 15.0 Å². The first kappa shape index (κ1) is 15.2. The third kappa shape index (κ3) is 3.76. The smallest absolute Gasteiger partial charge is 0.220 e. The highest BCUT2D eigenvalue weighted by atomic mass is 35.5. The van der Waals surface area contributed by atoms with Crippen LogP contribution in [0.25, 0.3) is 11.4 Å². The maximum Gasteiger partial charge on any atom is 0.220 e. The van der Waals surface area contributed by atoms with Crippen LogP contribution in [0.2, 0.25) is 5.15 Å². The molecule has 0 amide bonds. The molecule has 0 fully saturated rings. The zero-order valence-electron chi connectivity index (χ0n) is 12.4. The molecule has 0 saturated heterocycles. The molecule has 116 valence electrons. The van der Waals surface area contributed by atoms with Gasteiger partial charge in [0.1, 0.15) is 10.8 Å². The van der Waals surface area contributed by atoms with Crippen molar-refractivity contribution in [2.24, 2.45) is 0 Å². The summed E-state index contributed by atoms with van der Waals surface area (Å²) in [5, 5.41) is 0.317. The first-order chi connectivity index (χ1) is 11.3. The van der Waals surface area contributed by atoms with E-state index in [4.69, 9.17) is 21.1 Å². The number of hydrogen-bond acceptors (Lipinski definition) is 5. The molecule has 0 spiro atoms. The second-order valence-corrected chi connectivity index (χ2v) is 4.96. The first-order valence-corrected chi connectivity index (χ1v) is 7.48. The lowest BCUT2D eigenvalue weighted by molar-refractivity contribution is 0.319. The van der Waals surface area contributed by atoms with Crippen LogP contribution in [-0.4, -0.2) is 21.6 Å². The van der Waals surface area contributed by atoms with E-state index in [2.05, 4.69) is 15.0 Å². The van der Waals surface area contributed by atoms with Gasteiger partial charge < -0.3 is 9.47 Å². The predicted molar refractivity (Wildman–Crippen MR) is 88.0 cm³/mol. The lowest BCUT2D eigenvalue weighted by atomic mass is 10.3. The van der Waals surface area contributed by atoms with Crippen molar-refractivity contribution in [3.05, 3.63) is 60.0 Å². The van der Waals surface area contributed by atoms with E-state index in [0.717, 1.165) is 0 Å². The number of aromatic nitrogens is 3. The van der Waals surface area contributed by atoms with E-state index in [1.54, 1.807) is 12.3 Å². The zero-order valence-corrected chi connectivity index (χ0v) is 13.2. The van der Waals surface area contributed by atoms with Crippen molar-refractivity contribution in [1.29, 1.82) is 0 Å². The van der Waals surface area contributed by atoms with Crippen LogP contribution < -0.4 is 9.47 Å². The van der Waals surface area contributed by atoms with E-state index in [-0.39, 0.29) is 0 Å². The number of benzene rings is 1. The number of pyridine rings is 1. The minimum absolute atomic E-state index is 0.317. The van der Waals surface area contributed by atoms with Crippen LogP contribution in [0, 0.1) is 0 Å². The Bertz CT molecular complexity index is 811. The van der Waals surface area contributed by atoms with Crippen LogP contribution in [0.5, 0.6) is 17.4 Å². The molecular formula is C17H14ClN3O2. The Hall–Kier alpha value is -2.66. The van der Waals surface area contributed by atoms with Gasteiger partial charge in [-0.05, 0) is 25.1 Å². The van der Waals surface area contributed by atoms with Gasteiger partial charge in [0.25, 0.3) is 0 Å². The summed E-state index contributed by atoms with van der Waals surface area (Å²) in [6.07, 6.45) is 3.08. The molecule has 0 radical (unpaired) electrons. The molecule has 0 saturated carbocycles. The van der Waals surface area contributed by atoms with Gasteiger partial charge in [0.15, 0.2) is 11.5 Å². The summed E-state index contributed by atoms with van der Waals surface area (Å²) in [5.41, 5.74) is 1.22. The van der Waals surface area contributed by atoms with E-state index >= 15 is 0 Å². The van der Waals surface area contributed by atoms with Gasteiger partial charge in [-0.15, -0.1) is 0 Å². The molecule has 0 unspecified atom stereocenters. The van der Waals surface area contributed by atoms with Crippen molar-refractivity contribution < 1.29 is 9.47 Å². The molecule has 3 rings (SSSR count). The Morgan fingerprint density at radius 1 is 0.913 bits per heavy atom. The number of nitrogens with zero attached hydrogens (tertiary/aromatic N) is 3. The Morgan fingerprint density at radius 2 is 1.74 bits per heavy atom. The van der Waals surface area contributed by atoms with Gasteiger partial charge in [-0.3, -0.25) is 4.98 Å². The Kier molecular flexibility index (Phi) is 4.68. The summed E-state index contributed by atoms with van der Waals surface area (Å²) in [7, 11) is 0. The molecule has 0 aliphatic heterocycles. The molecule has 5 nitrogen and oxygen atoms in total. The summed E-state index contributed by atoms with van der Waals surface area (Å²) >= 11 is 5.87. The molecule has 0 atom stereocenters. The topological polar surface area (TPSA) is 57.1 Å². The van der Waals surface area contributed by atoms with E-state index in [1.807, 2.05) is 43.3 Å². The highest BCUT2D eigenvalue weighted by molar-refractivity contribution is 6.29. The summed E-state index contributed by atoms with van der Waals surface area (Å²) in [6, 6.07) is 12.9. The number of rotatable bonds is 5. The van der Waals surface area contributed by atoms with E-state index in [0.29, 0.717) is 40.5 Å². The fourth-order valence-electron chi connectivity index (χ4n) is 2.00. The first-order valence-electron chi connectivity index (χ1n) is 7.11. The molecule has 0 aliphatic carbocycles. The fourth-order valence-corrected chi connectivity index (χ4v) is 2.15. The molecule has 3 aromatic rings. The monoisotopic (exact) mass is 327 g/mol. The van der Waals surface area contributed by atoms with Crippen molar-refractivity contribution in [3.8, 4) is 28.8 Å². The molecule has 2 heterocycles. The van der Waals surface area contributed by atoms with E-state index in [1.165, 1.54) is 6.20 Å². The maximum absolute atomic E-state index is 5.87. The zero-order chi connectivity index (χ0) is 16.1. The minimum Gasteiger partial charge on any atom is -0.490 e. The molecule has 0 N–H and O–H groups in total. The Morgan fingerprint density at radius 3 is 2.52 bits per heavy atom. The third-order valence-electron chi connectivity index (χ3n) is 2.95. The van der Waals surface area contributed by atoms with Gasteiger partial charge in [-0.25, -0.2) is 9.97 Å². The largest absolute Gasteiger partial charge is 0.490 e. The quantitative estimate of drug-likeness (QED) is 0.696. The number of halogens is 1. The van der Waals surface area contributed by atoms with Crippen molar-refractivity contribution in [2.45, 2.75) is 6.92 Å². The predicted octanol–water partition coefficient (Wildman–Crippen LogP) is 4.38. The minimum atomic E-state index is 0.317. The van der Waals surface area contributed by atoms with Gasteiger partial charge in [0, 0.05) is 6.07 Å². The number of para-hydroxylation sites is 2. The summed E-state index contributed by atoms with van der Waals surface area (Å²) in [6.45, 7) is 2.49. The Balaban J connectivity index is 1.89. The van der Waals surface area contributed by atoms with Crippen LogP contribution >= 0.6 is 11.6 Å². The van der Waals surface area contributed by atoms with Gasteiger partial charge in [-0.1, -0.05) is 29.8 Å². The average molecular weight is 328 g/mol. The third-order valence-corrected chi connectivity index (χ3v) is 3.14. The van der Waals surface area contributed by atoms with Crippen LogP contribution in [0.3, 0.4) is 0 Å². The lowest BCUT2D eigenvalue weighted by Crippen LogP contribution is -1.96. The SMILES string of the molecule is CCOc1ccccc1Oc1cccc(-c2cncc(Cl)n2)n1. The standard InChI is InChI=1S/C17H14ClN3O2/c1-2-22-14-7-3-4-8-15(14)23-17-9-5-6-12(21-17)13-10-19-11-16(18)20-13/h3-11H,2H2,1H3. The molecule has 23 heavy (non-hydrogen) atoms. The number of ether oxygens (including phenoxy) is 2. The summed E-state index contributed by atoms with van der Waals surface area (Å²) in [5.74, 6) is 1.72. The molecule has 2 aromatic heterocycles. The molecule has 1 aromatic carbocycles. The summed E-state index contributed by atoms with van der Waals surface area (Å²) < 4.78 is 11.4. The van der Waals surface area contributed by atoms with Crippen LogP contribution in [0.4, 0.5) is 0 Å². The average Bonchev–Trinajstić information content (AvgIpc) is 2.57. The van der Waals surface area contributed by atoms with E-state index < -0.39 is 0 Å².